The first-order valence-corrected chi connectivity index (χ1v) is 5.74. The van der Waals surface area contributed by atoms with Gasteiger partial charge in [-0.3, -0.25) is 9.59 Å². The van der Waals surface area contributed by atoms with Gasteiger partial charge in [0.15, 0.2) is 0 Å². The van der Waals surface area contributed by atoms with Crippen molar-refractivity contribution in [1.29, 1.82) is 0 Å². The number of imide groups is 1. The van der Waals surface area contributed by atoms with Crippen molar-refractivity contribution in [3.8, 4) is 0 Å². The van der Waals surface area contributed by atoms with Crippen LogP contribution < -0.4 is 10.6 Å². The SMILES string of the molecule is CC1C(=O)N(c2cc(N)ccc2Cl)C(=O)C1C. The molecule has 1 aliphatic rings. The van der Waals surface area contributed by atoms with E-state index in [0.29, 0.717) is 16.4 Å². The van der Waals surface area contributed by atoms with Crippen LogP contribution in [-0.2, 0) is 9.59 Å². The van der Waals surface area contributed by atoms with Gasteiger partial charge < -0.3 is 5.73 Å². The molecule has 1 heterocycles. The van der Waals surface area contributed by atoms with Crippen LogP contribution in [0.2, 0.25) is 5.02 Å². The van der Waals surface area contributed by atoms with E-state index in [-0.39, 0.29) is 23.7 Å². The average Bonchev–Trinajstić information content (AvgIpc) is 2.48. The molecule has 1 aliphatic heterocycles. The van der Waals surface area contributed by atoms with Crippen LogP contribution >= 0.6 is 11.6 Å². The Morgan fingerprint density at radius 2 is 1.71 bits per heavy atom. The van der Waals surface area contributed by atoms with Gasteiger partial charge in [-0.15, -0.1) is 0 Å². The molecule has 0 aliphatic carbocycles. The lowest BCUT2D eigenvalue weighted by molar-refractivity contribution is -0.122. The Morgan fingerprint density at radius 3 is 2.24 bits per heavy atom. The molecule has 0 radical (unpaired) electrons. The van der Waals surface area contributed by atoms with E-state index in [1.807, 2.05) is 0 Å². The van der Waals surface area contributed by atoms with Gasteiger partial charge in [-0.05, 0) is 18.2 Å². The Balaban J connectivity index is 2.50. The number of amides is 2. The minimum atomic E-state index is -0.319. The van der Waals surface area contributed by atoms with Crippen LogP contribution in [0.15, 0.2) is 18.2 Å². The maximum Gasteiger partial charge on any atom is 0.237 e. The van der Waals surface area contributed by atoms with Crippen molar-refractivity contribution in [2.24, 2.45) is 11.8 Å². The number of nitrogen functional groups attached to an aromatic ring is 1. The van der Waals surface area contributed by atoms with Crippen molar-refractivity contribution in [2.75, 3.05) is 10.6 Å². The highest BCUT2D eigenvalue weighted by atomic mass is 35.5. The summed E-state index contributed by atoms with van der Waals surface area (Å²) in [5.74, 6) is -1.09. The molecule has 0 bridgehead atoms. The van der Waals surface area contributed by atoms with Crippen molar-refractivity contribution in [3.63, 3.8) is 0 Å². The van der Waals surface area contributed by atoms with Crippen molar-refractivity contribution in [3.05, 3.63) is 23.2 Å². The molecule has 2 unspecified atom stereocenters. The molecule has 0 aromatic heterocycles. The molecule has 5 heteroatoms. The van der Waals surface area contributed by atoms with Crippen LogP contribution in [0.1, 0.15) is 13.8 Å². The summed E-state index contributed by atoms with van der Waals surface area (Å²) in [4.78, 5) is 25.1. The molecule has 1 aromatic carbocycles. The molecule has 0 saturated carbocycles. The van der Waals surface area contributed by atoms with E-state index in [2.05, 4.69) is 0 Å². The number of hydrogen-bond donors (Lipinski definition) is 1. The molecule has 2 atom stereocenters. The Kier molecular flexibility index (Phi) is 2.83. The van der Waals surface area contributed by atoms with Gasteiger partial charge in [0.25, 0.3) is 0 Å². The third-order valence-electron chi connectivity index (χ3n) is 3.18. The Labute approximate surface area is 104 Å². The second kappa shape index (κ2) is 4.04. The summed E-state index contributed by atoms with van der Waals surface area (Å²) < 4.78 is 0. The molecule has 2 rings (SSSR count). The fraction of sp³-hybridized carbons (Fsp3) is 0.333. The Morgan fingerprint density at radius 1 is 1.18 bits per heavy atom. The molecule has 17 heavy (non-hydrogen) atoms. The number of benzene rings is 1. The van der Waals surface area contributed by atoms with Crippen molar-refractivity contribution in [1.82, 2.24) is 0 Å². The lowest BCUT2D eigenvalue weighted by Crippen LogP contribution is -2.30. The highest BCUT2D eigenvalue weighted by molar-refractivity contribution is 6.36. The van der Waals surface area contributed by atoms with E-state index in [4.69, 9.17) is 17.3 Å². The Bertz CT molecular complexity index is 481. The molecule has 1 aromatic rings. The van der Waals surface area contributed by atoms with Crippen LogP contribution in [0.3, 0.4) is 0 Å². The number of anilines is 2. The zero-order valence-electron chi connectivity index (χ0n) is 9.61. The van der Waals surface area contributed by atoms with Gasteiger partial charge in [-0.25, -0.2) is 4.90 Å². The highest BCUT2D eigenvalue weighted by Crippen LogP contribution is 2.35. The fourth-order valence-electron chi connectivity index (χ4n) is 1.88. The van der Waals surface area contributed by atoms with Gasteiger partial charge >= 0.3 is 0 Å². The predicted octanol–water partition coefficient (Wildman–Crippen LogP) is 2.07. The average molecular weight is 253 g/mol. The maximum absolute atomic E-state index is 12.0. The van der Waals surface area contributed by atoms with E-state index in [1.165, 1.54) is 0 Å². The summed E-state index contributed by atoms with van der Waals surface area (Å²) >= 11 is 6.00. The molecular formula is C12H13ClN2O2. The highest BCUT2D eigenvalue weighted by Gasteiger charge is 2.43. The van der Waals surface area contributed by atoms with E-state index in [9.17, 15) is 9.59 Å². The summed E-state index contributed by atoms with van der Waals surface area (Å²) in [7, 11) is 0. The number of rotatable bonds is 1. The smallest absolute Gasteiger partial charge is 0.237 e. The van der Waals surface area contributed by atoms with E-state index in [0.717, 1.165) is 4.90 Å². The van der Waals surface area contributed by atoms with Gasteiger partial charge in [-0.2, -0.15) is 0 Å². The van der Waals surface area contributed by atoms with Gasteiger partial charge in [-0.1, -0.05) is 25.4 Å². The fourth-order valence-corrected chi connectivity index (χ4v) is 2.08. The van der Waals surface area contributed by atoms with Gasteiger partial charge in [0.1, 0.15) is 0 Å². The summed E-state index contributed by atoms with van der Waals surface area (Å²) in [5.41, 5.74) is 6.49. The zero-order chi connectivity index (χ0) is 12.7. The summed E-state index contributed by atoms with van der Waals surface area (Å²) in [6.07, 6.45) is 0. The second-order valence-electron chi connectivity index (χ2n) is 4.30. The second-order valence-corrected chi connectivity index (χ2v) is 4.71. The molecule has 1 fully saturated rings. The molecule has 2 N–H and O–H groups in total. The maximum atomic E-state index is 12.0. The van der Waals surface area contributed by atoms with E-state index < -0.39 is 0 Å². The normalized spacial score (nSPS) is 24.5. The van der Waals surface area contributed by atoms with Crippen LogP contribution in [0, 0.1) is 11.8 Å². The molecule has 0 spiro atoms. The van der Waals surface area contributed by atoms with Crippen molar-refractivity contribution in [2.45, 2.75) is 13.8 Å². The number of hydrogen-bond acceptors (Lipinski definition) is 3. The minimum Gasteiger partial charge on any atom is -0.399 e. The van der Waals surface area contributed by atoms with Gasteiger partial charge in [0.2, 0.25) is 11.8 Å². The molecule has 2 amide bonds. The minimum absolute atomic E-state index is 0.227. The number of halogens is 1. The standard InChI is InChI=1S/C12H13ClN2O2/c1-6-7(2)12(17)15(11(6)16)10-5-8(14)3-4-9(10)13/h3-7H,14H2,1-2H3. The predicted molar refractivity (Wildman–Crippen MR) is 66.7 cm³/mol. The third-order valence-corrected chi connectivity index (χ3v) is 3.50. The quantitative estimate of drug-likeness (QED) is 0.615. The van der Waals surface area contributed by atoms with E-state index >= 15 is 0 Å². The topological polar surface area (TPSA) is 63.4 Å². The van der Waals surface area contributed by atoms with Crippen molar-refractivity contribution < 1.29 is 9.59 Å². The van der Waals surface area contributed by atoms with E-state index in [1.54, 1.807) is 32.0 Å². The van der Waals surface area contributed by atoms with Gasteiger partial charge in [0, 0.05) is 17.5 Å². The molecular weight excluding hydrogens is 240 g/mol. The van der Waals surface area contributed by atoms with Crippen LogP contribution in [0.25, 0.3) is 0 Å². The molecule has 90 valence electrons. The summed E-state index contributed by atoms with van der Waals surface area (Å²) in [6, 6.07) is 4.76. The zero-order valence-corrected chi connectivity index (χ0v) is 10.4. The number of carbonyl (C=O) groups is 2. The summed E-state index contributed by atoms with van der Waals surface area (Å²) in [5, 5.41) is 0.349. The summed E-state index contributed by atoms with van der Waals surface area (Å²) in [6.45, 7) is 3.48. The largest absolute Gasteiger partial charge is 0.399 e. The number of nitrogens with zero attached hydrogens (tertiary/aromatic N) is 1. The van der Waals surface area contributed by atoms with Crippen molar-refractivity contribution >= 4 is 34.8 Å². The first-order chi connectivity index (χ1) is 7.93. The lowest BCUT2D eigenvalue weighted by Gasteiger charge is -2.16. The molecule has 4 nitrogen and oxygen atoms in total. The monoisotopic (exact) mass is 252 g/mol. The number of carbonyl (C=O) groups excluding carboxylic acids is 2. The first-order valence-electron chi connectivity index (χ1n) is 5.36. The number of nitrogens with two attached hydrogens (primary N) is 1. The third kappa shape index (κ3) is 1.78. The van der Waals surface area contributed by atoms with Crippen LogP contribution in [-0.4, -0.2) is 11.8 Å². The Hall–Kier alpha value is -1.55. The van der Waals surface area contributed by atoms with Crippen LogP contribution in [0.4, 0.5) is 11.4 Å². The first kappa shape index (κ1) is 11.9. The van der Waals surface area contributed by atoms with Crippen LogP contribution in [0.5, 0.6) is 0 Å². The van der Waals surface area contributed by atoms with Gasteiger partial charge in [0.05, 0.1) is 10.7 Å². The molecule has 1 saturated heterocycles. The lowest BCUT2D eigenvalue weighted by atomic mass is 10.00.